The topological polar surface area (TPSA) is 35.5 Å². The lowest BCUT2D eigenvalue weighted by Gasteiger charge is -2.25. The Morgan fingerprint density at radius 3 is 2.59 bits per heavy atom. The molecule has 0 saturated heterocycles. The fourth-order valence-electron chi connectivity index (χ4n) is 2.77. The summed E-state index contributed by atoms with van der Waals surface area (Å²) >= 11 is 5.82. The summed E-state index contributed by atoms with van der Waals surface area (Å²) < 4.78 is 10.6. The van der Waals surface area contributed by atoms with Gasteiger partial charge in [0.05, 0.1) is 5.41 Å². The lowest BCUT2D eigenvalue weighted by atomic mass is 9.80. The Balaban J connectivity index is 2.05. The van der Waals surface area contributed by atoms with Crippen molar-refractivity contribution in [2.45, 2.75) is 31.1 Å². The molecule has 3 nitrogen and oxygen atoms in total. The standard InChI is InChI=1S/C13H13ClO3/c14-12(15)13(5-1-2-6-13)9-3-4-10-11(7-9)17-8-16-10/h3-4,7H,1-2,5-6,8H2. The van der Waals surface area contributed by atoms with Gasteiger partial charge in [-0.15, -0.1) is 0 Å². The van der Waals surface area contributed by atoms with Crippen LogP contribution in [-0.4, -0.2) is 12.0 Å². The lowest BCUT2D eigenvalue weighted by Crippen LogP contribution is -2.29. The van der Waals surface area contributed by atoms with Crippen molar-refractivity contribution in [2.75, 3.05) is 6.79 Å². The molecule has 90 valence electrons. The fraction of sp³-hybridized carbons (Fsp3) is 0.462. The molecule has 0 N–H and O–H groups in total. The van der Waals surface area contributed by atoms with Gasteiger partial charge in [-0.3, -0.25) is 4.79 Å². The minimum absolute atomic E-state index is 0.251. The van der Waals surface area contributed by atoms with E-state index in [1.807, 2.05) is 18.2 Å². The summed E-state index contributed by atoms with van der Waals surface area (Å²) in [5.74, 6) is 1.45. The summed E-state index contributed by atoms with van der Waals surface area (Å²) in [5.41, 5.74) is 0.446. The predicted octanol–water partition coefficient (Wildman–Crippen LogP) is 2.99. The molecule has 0 spiro atoms. The van der Waals surface area contributed by atoms with Gasteiger partial charge in [0.15, 0.2) is 11.5 Å². The molecule has 17 heavy (non-hydrogen) atoms. The van der Waals surface area contributed by atoms with Crippen molar-refractivity contribution in [3.05, 3.63) is 23.8 Å². The van der Waals surface area contributed by atoms with Crippen LogP contribution in [0, 0.1) is 0 Å². The average molecular weight is 253 g/mol. The molecule has 0 radical (unpaired) electrons. The molecule has 0 amide bonds. The third-order valence-electron chi connectivity index (χ3n) is 3.76. The van der Waals surface area contributed by atoms with Crippen LogP contribution in [0.5, 0.6) is 11.5 Å². The number of fused-ring (bicyclic) bond motifs is 1. The molecular weight excluding hydrogens is 240 g/mol. The van der Waals surface area contributed by atoms with Crippen molar-refractivity contribution in [3.8, 4) is 11.5 Å². The van der Waals surface area contributed by atoms with Crippen LogP contribution < -0.4 is 9.47 Å². The molecule has 2 aliphatic rings. The molecule has 1 saturated carbocycles. The van der Waals surface area contributed by atoms with Gasteiger partial charge in [-0.25, -0.2) is 0 Å². The number of carbonyl (C=O) groups is 1. The number of halogens is 1. The SMILES string of the molecule is O=C(Cl)C1(c2ccc3c(c2)OCO3)CCCC1. The van der Waals surface area contributed by atoms with E-state index in [0.29, 0.717) is 5.75 Å². The first-order chi connectivity index (χ1) is 8.22. The molecule has 0 atom stereocenters. The molecule has 1 heterocycles. The van der Waals surface area contributed by atoms with Gasteiger partial charge in [-0.1, -0.05) is 18.9 Å². The van der Waals surface area contributed by atoms with E-state index in [4.69, 9.17) is 21.1 Å². The van der Waals surface area contributed by atoms with E-state index in [2.05, 4.69) is 0 Å². The van der Waals surface area contributed by atoms with Crippen molar-refractivity contribution < 1.29 is 14.3 Å². The number of ether oxygens (including phenoxy) is 2. The second-order valence-electron chi connectivity index (χ2n) is 4.63. The molecule has 0 aromatic heterocycles. The van der Waals surface area contributed by atoms with Crippen LogP contribution in [-0.2, 0) is 10.2 Å². The Kier molecular flexibility index (Phi) is 2.51. The molecule has 1 aliphatic heterocycles. The van der Waals surface area contributed by atoms with E-state index in [1.165, 1.54) is 0 Å². The highest BCUT2D eigenvalue weighted by atomic mass is 35.5. The number of hydrogen-bond acceptors (Lipinski definition) is 3. The van der Waals surface area contributed by atoms with Crippen LogP contribution in [0.25, 0.3) is 0 Å². The van der Waals surface area contributed by atoms with Crippen molar-refractivity contribution in [1.82, 2.24) is 0 Å². The van der Waals surface area contributed by atoms with Crippen molar-refractivity contribution >= 4 is 16.8 Å². The molecular formula is C13H13ClO3. The maximum atomic E-state index is 11.8. The average Bonchev–Trinajstić information content (AvgIpc) is 2.97. The van der Waals surface area contributed by atoms with E-state index in [0.717, 1.165) is 37.0 Å². The van der Waals surface area contributed by atoms with Gasteiger partial charge < -0.3 is 9.47 Å². The van der Waals surface area contributed by atoms with Crippen LogP contribution >= 0.6 is 11.6 Å². The molecule has 4 heteroatoms. The monoisotopic (exact) mass is 252 g/mol. The zero-order valence-electron chi connectivity index (χ0n) is 9.37. The van der Waals surface area contributed by atoms with Crippen LogP contribution in [0.15, 0.2) is 18.2 Å². The van der Waals surface area contributed by atoms with E-state index < -0.39 is 5.41 Å². The zero-order valence-corrected chi connectivity index (χ0v) is 10.1. The van der Waals surface area contributed by atoms with E-state index >= 15 is 0 Å². The number of benzene rings is 1. The van der Waals surface area contributed by atoms with Gasteiger partial charge in [0.1, 0.15) is 0 Å². The highest BCUT2D eigenvalue weighted by Gasteiger charge is 2.42. The molecule has 3 rings (SSSR count). The van der Waals surface area contributed by atoms with Gasteiger partial charge >= 0.3 is 0 Å². The molecule has 1 aromatic rings. The molecule has 1 fully saturated rings. The Morgan fingerprint density at radius 1 is 1.18 bits per heavy atom. The van der Waals surface area contributed by atoms with E-state index in [1.54, 1.807) is 0 Å². The zero-order chi connectivity index (χ0) is 11.9. The Bertz CT molecular complexity index is 464. The van der Waals surface area contributed by atoms with Crippen molar-refractivity contribution in [3.63, 3.8) is 0 Å². The maximum Gasteiger partial charge on any atom is 0.232 e. The molecule has 0 unspecified atom stereocenters. The summed E-state index contributed by atoms with van der Waals surface area (Å²) in [4.78, 5) is 11.8. The Hall–Kier alpha value is -1.22. The molecule has 1 aliphatic carbocycles. The highest BCUT2D eigenvalue weighted by molar-refractivity contribution is 6.65. The minimum atomic E-state index is -0.511. The van der Waals surface area contributed by atoms with Gasteiger partial charge in [0.25, 0.3) is 0 Å². The first-order valence-corrected chi connectivity index (χ1v) is 6.20. The van der Waals surface area contributed by atoms with Crippen LogP contribution in [0.4, 0.5) is 0 Å². The highest BCUT2D eigenvalue weighted by Crippen LogP contribution is 2.45. The Labute approximate surface area is 105 Å². The first kappa shape index (κ1) is 10.9. The van der Waals surface area contributed by atoms with Crippen LogP contribution in [0.1, 0.15) is 31.2 Å². The van der Waals surface area contributed by atoms with Crippen molar-refractivity contribution in [2.24, 2.45) is 0 Å². The second-order valence-corrected chi connectivity index (χ2v) is 4.97. The van der Waals surface area contributed by atoms with Gasteiger partial charge in [0, 0.05) is 0 Å². The Morgan fingerprint density at radius 2 is 1.88 bits per heavy atom. The van der Waals surface area contributed by atoms with Crippen LogP contribution in [0.3, 0.4) is 0 Å². The third kappa shape index (κ3) is 1.61. The van der Waals surface area contributed by atoms with E-state index in [9.17, 15) is 4.79 Å². The third-order valence-corrected chi connectivity index (χ3v) is 4.12. The number of hydrogen-bond donors (Lipinski definition) is 0. The van der Waals surface area contributed by atoms with Gasteiger partial charge in [-0.05, 0) is 42.1 Å². The predicted molar refractivity (Wildman–Crippen MR) is 63.6 cm³/mol. The fourth-order valence-corrected chi connectivity index (χ4v) is 3.07. The second kappa shape index (κ2) is 3.91. The summed E-state index contributed by atoms with van der Waals surface area (Å²) in [7, 11) is 0. The summed E-state index contributed by atoms with van der Waals surface area (Å²) in [5, 5.41) is -0.256. The smallest absolute Gasteiger partial charge is 0.232 e. The first-order valence-electron chi connectivity index (χ1n) is 5.82. The summed E-state index contributed by atoms with van der Waals surface area (Å²) in [6.45, 7) is 0.251. The normalized spacial score (nSPS) is 20.5. The lowest BCUT2D eigenvalue weighted by molar-refractivity contribution is -0.116. The van der Waals surface area contributed by atoms with Crippen molar-refractivity contribution in [1.29, 1.82) is 0 Å². The summed E-state index contributed by atoms with van der Waals surface area (Å²) in [6, 6.07) is 5.69. The minimum Gasteiger partial charge on any atom is -0.454 e. The molecule has 0 bridgehead atoms. The van der Waals surface area contributed by atoms with E-state index in [-0.39, 0.29) is 12.0 Å². The maximum absolute atomic E-state index is 11.8. The van der Waals surface area contributed by atoms with Gasteiger partial charge in [0.2, 0.25) is 12.0 Å². The summed E-state index contributed by atoms with van der Waals surface area (Å²) in [6.07, 6.45) is 3.75. The quantitative estimate of drug-likeness (QED) is 0.759. The molecule has 1 aromatic carbocycles. The van der Waals surface area contributed by atoms with Gasteiger partial charge in [-0.2, -0.15) is 0 Å². The number of rotatable bonds is 2. The number of carbonyl (C=O) groups excluding carboxylic acids is 1. The largest absolute Gasteiger partial charge is 0.454 e. The van der Waals surface area contributed by atoms with Crippen LogP contribution in [0.2, 0.25) is 0 Å².